The summed E-state index contributed by atoms with van der Waals surface area (Å²) in [7, 11) is -1.00. The first-order valence-corrected chi connectivity index (χ1v) is 6.53. The first kappa shape index (κ1) is 8.51. The van der Waals surface area contributed by atoms with Crippen LogP contribution in [0.25, 0.3) is 0 Å². The molecule has 1 radical (unpaired) electrons. The number of rotatable bonds is 2. The molecular formula is C10H17OSi. The Labute approximate surface area is 76.8 Å². The zero-order chi connectivity index (χ0) is 8.77. The largest absolute Gasteiger partial charge is 0.306 e. The third-order valence-corrected chi connectivity index (χ3v) is 4.74. The van der Waals surface area contributed by atoms with Crippen LogP contribution < -0.4 is 0 Å². The van der Waals surface area contributed by atoms with Crippen molar-refractivity contribution >= 4 is 9.76 Å². The molecule has 0 amide bonds. The molecule has 2 aliphatic rings. The lowest BCUT2D eigenvalue weighted by molar-refractivity contribution is 0.424. The van der Waals surface area contributed by atoms with E-state index in [-0.39, 0.29) is 0 Å². The molecule has 1 saturated carbocycles. The minimum Gasteiger partial charge on any atom is -0.306 e. The summed E-state index contributed by atoms with van der Waals surface area (Å²) in [6, 6.07) is 0.950. The van der Waals surface area contributed by atoms with Crippen LogP contribution in [0.1, 0.15) is 33.1 Å². The van der Waals surface area contributed by atoms with Gasteiger partial charge in [-0.1, -0.05) is 18.1 Å². The summed E-state index contributed by atoms with van der Waals surface area (Å²) in [6.07, 6.45) is 4.08. The maximum absolute atomic E-state index is 10.7. The average molecular weight is 181 g/mol. The number of hydrogen-bond donors (Lipinski definition) is 0. The molecule has 1 nitrogen and oxygen atoms in total. The monoisotopic (exact) mass is 181 g/mol. The van der Waals surface area contributed by atoms with Gasteiger partial charge < -0.3 is 4.80 Å². The molecule has 1 fully saturated rings. The molecule has 0 aliphatic heterocycles. The predicted octanol–water partition coefficient (Wildman–Crippen LogP) is 2.06. The third-order valence-electron chi connectivity index (χ3n) is 3.99. The molecule has 0 N–H and O–H groups in total. The SMILES string of the molecule is CC1=C(C[SiH2][O])C2CCC1(C)C2. The van der Waals surface area contributed by atoms with Crippen LogP contribution in [0.3, 0.4) is 0 Å². The second kappa shape index (κ2) is 2.71. The van der Waals surface area contributed by atoms with Gasteiger partial charge in [0.25, 0.3) is 0 Å². The van der Waals surface area contributed by atoms with Crippen molar-refractivity contribution in [3.8, 4) is 0 Å². The number of allylic oxidation sites excluding steroid dienone is 2. The molecule has 0 aromatic carbocycles. The Morgan fingerprint density at radius 3 is 2.92 bits per heavy atom. The summed E-state index contributed by atoms with van der Waals surface area (Å²) in [4.78, 5) is 10.7. The van der Waals surface area contributed by atoms with E-state index >= 15 is 0 Å². The topological polar surface area (TPSA) is 19.9 Å². The van der Waals surface area contributed by atoms with Crippen molar-refractivity contribution in [1.82, 2.24) is 0 Å². The Balaban J connectivity index is 2.27. The number of fused-ring (bicyclic) bond motifs is 2. The van der Waals surface area contributed by atoms with E-state index < -0.39 is 9.76 Å². The van der Waals surface area contributed by atoms with Crippen LogP contribution >= 0.6 is 0 Å². The van der Waals surface area contributed by atoms with Gasteiger partial charge in [0, 0.05) is 0 Å². The Morgan fingerprint density at radius 1 is 1.67 bits per heavy atom. The molecule has 67 valence electrons. The molecule has 2 aliphatic carbocycles. The van der Waals surface area contributed by atoms with Gasteiger partial charge in [-0.25, -0.2) is 0 Å². The summed E-state index contributed by atoms with van der Waals surface area (Å²) in [5, 5.41) is 0. The normalized spacial score (nSPS) is 40.8. The predicted molar refractivity (Wildman–Crippen MR) is 52.2 cm³/mol. The molecule has 0 spiro atoms. The summed E-state index contributed by atoms with van der Waals surface area (Å²) in [5.74, 6) is 0.816. The van der Waals surface area contributed by atoms with E-state index in [2.05, 4.69) is 13.8 Å². The molecule has 2 bridgehead atoms. The van der Waals surface area contributed by atoms with Crippen LogP contribution in [0.5, 0.6) is 0 Å². The Bertz CT molecular complexity index is 234. The van der Waals surface area contributed by atoms with Gasteiger partial charge in [0.1, 0.15) is 0 Å². The van der Waals surface area contributed by atoms with Crippen LogP contribution in [0.2, 0.25) is 6.04 Å². The Hall–Kier alpha value is -0.0831. The second-order valence-electron chi connectivity index (χ2n) is 4.60. The van der Waals surface area contributed by atoms with Gasteiger partial charge in [-0.05, 0) is 43.6 Å². The maximum Gasteiger partial charge on any atom is 0.211 e. The summed E-state index contributed by atoms with van der Waals surface area (Å²) >= 11 is 0. The van der Waals surface area contributed by atoms with Crippen LogP contribution in [-0.2, 0) is 4.80 Å². The van der Waals surface area contributed by atoms with Crippen molar-refractivity contribution in [2.75, 3.05) is 0 Å². The number of hydrogen-bond acceptors (Lipinski definition) is 0. The van der Waals surface area contributed by atoms with E-state index in [0.29, 0.717) is 5.41 Å². The molecule has 0 heterocycles. The van der Waals surface area contributed by atoms with E-state index in [1.165, 1.54) is 19.3 Å². The zero-order valence-corrected chi connectivity index (χ0v) is 9.44. The van der Waals surface area contributed by atoms with Gasteiger partial charge in [0.05, 0.1) is 0 Å². The van der Waals surface area contributed by atoms with Gasteiger partial charge in [-0.3, -0.25) is 0 Å². The van der Waals surface area contributed by atoms with Crippen molar-refractivity contribution in [3.63, 3.8) is 0 Å². The lowest BCUT2D eigenvalue weighted by atomic mass is 9.82. The first-order valence-electron chi connectivity index (χ1n) is 4.95. The third kappa shape index (κ3) is 1.01. The van der Waals surface area contributed by atoms with Gasteiger partial charge in [0.15, 0.2) is 0 Å². The molecular weight excluding hydrogens is 164 g/mol. The van der Waals surface area contributed by atoms with Gasteiger partial charge in [-0.15, -0.1) is 0 Å². The van der Waals surface area contributed by atoms with Crippen molar-refractivity contribution < 1.29 is 4.80 Å². The van der Waals surface area contributed by atoms with Gasteiger partial charge in [-0.2, -0.15) is 0 Å². The van der Waals surface area contributed by atoms with Crippen molar-refractivity contribution in [1.29, 1.82) is 0 Å². The summed E-state index contributed by atoms with van der Waals surface area (Å²) < 4.78 is 0. The maximum atomic E-state index is 10.7. The van der Waals surface area contributed by atoms with Crippen LogP contribution in [0.4, 0.5) is 0 Å². The first-order chi connectivity index (χ1) is 5.67. The summed E-state index contributed by atoms with van der Waals surface area (Å²) in [6.45, 7) is 4.64. The molecule has 12 heavy (non-hydrogen) atoms. The quantitative estimate of drug-likeness (QED) is 0.459. The minimum atomic E-state index is -1.00. The van der Waals surface area contributed by atoms with Crippen LogP contribution in [0, 0.1) is 11.3 Å². The zero-order valence-electron chi connectivity index (χ0n) is 8.02. The van der Waals surface area contributed by atoms with E-state index in [4.69, 9.17) is 0 Å². The van der Waals surface area contributed by atoms with E-state index in [0.717, 1.165) is 12.0 Å². The molecule has 0 aromatic heterocycles. The van der Waals surface area contributed by atoms with Gasteiger partial charge >= 0.3 is 0 Å². The molecule has 2 atom stereocenters. The standard InChI is InChI=1S/C10H17OSi/c1-7-9(6-12-11)8-3-4-10(7,2)5-8/h8H,3-6,12H2,1-2H3. The summed E-state index contributed by atoms with van der Waals surface area (Å²) in [5.41, 5.74) is 3.66. The highest BCUT2D eigenvalue weighted by Crippen LogP contribution is 2.57. The van der Waals surface area contributed by atoms with Crippen molar-refractivity contribution in [2.24, 2.45) is 11.3 Å². The minimum absolute atomic E-state index is 0.504. The van der Waals surface area contributed by atoms with Crippen LogP contribution in [-0.4, -0.2) is 9.76 Å². The second-order valence-corrected chi connectivity index (χ2v) is 5.51. The Kier molecular flexibility index (Phi) is 1.92. The highest BCUT2D eigenvalue weighted by atomic mass is 28.2. The molecule has 0 aromatic rings. The lowest BCUT2D eigenvalue weighted by Crippen LogP contribution is -2.11. The van der Waals surface area contributed by atoms with E-state index in [1.54, 1.807) is 11.1 Å². The fraction of sp³-hybridized carbons (Fsp3) is 0.800. The smallest absolute Gasteiger partial charge is 0.211 e. The van der Waals surface area contributed by atoms with E-state index in [1.807, 2.05) is 0 Å². The molecule has 2 unspecified atom stereocenters. The fourth-order valence-corrected chi connectivity index (χ4v) is 4.08. The van der Waals surface area contributed by atoms with Crippen LogP contribution in [0.15, 0.2) is 11.1 Å². The van der Waals surface area contributed by atoms with Crippen molar-refractivity contribution in [2.45, 2.75) is 39.2 Å². The highest BCUT2D eigenvalue weighted by molar-refractivity contribution is 6.26. The molecule has 2 rings (SSSR count). The lowest BCUT2D eigenvalue weighted by Gasteiger charge is -2.24. The molecule has 0 saturated heterocycles. The fourth-order valence-electron chi connectivity index (χ4n) is 3.07. The average Bonchev–Trinajstić information content (AvgIpc) is 2.51. The highest BCUT2D eigenvalue weighted by Gasteiger charge is 2.44. The van der Waals surface area contributed by atoms with Gasteiger partial charge in [0.2, 0.25) is 9.76 Å². The Morgan fingerprint density at radius 2 is 2.42 bits per heavy atom. The molecule has 2 heteroatoms. The van der Waals surface area contributed by atoms with E-state index in [9.17, 15) is 4.80 Å². The van der Waals surface area contributed by atoms with Crippen molar-refractivity contribution in [3.05, 3.63) is 11.1 Å².